The Morgan fingerprint density at radius 3 is 2.19 bits per heavy atom. The molecule has 1 atom stereocenters. The van der Waals surface area contributed by atoms with E-state index in [9.17, 15) is 14.2 Å². The lowest BCUT2D eigenvalue weighted by molar-refractivity contribution is -0.144. The van der Waals surface area contributed by atoms with Gasteiger partial charge in [-0.3, -0.25) is 9.36 Å². The van der Waals surface area contributed by atoms with Gasteiger partial charge in [0.05, 0.1) is 13.3 Å². The normalized spacial score (nSPS) is 16.6. The number of ether oxygens (including phenoxy) is 1. The lowest BCUT2D eigenvalue weighted by atomic mass is 9.83. The van der Waals surface area contributed by atoms with Crippen LogP contribution in [0.5, 0.6) is 0 Å². The van der Waals surface area contributed by atoms with Crippen molar-refractivity contribution in [3.63, 3.8) is 0 Å². The van der Waals surface area contributed by atoms with Crippen LogP contribution < -0.4 is 5.32 Å². The SMILES string of the molecule is COC(=O)[C@H](NC(=O)c1ccc(CP(=O)(OC)OC)cc1)C1CCCCC1. The van der Waals surface area contributed by atoms with Gasteiger partial charge < -0.3 is 19.1 Å². The van der Waals surface area contributed by atoms with Crippen molar-refractivity contribution in [2.45, 2.75) is 44.3 Å². The second-order valence-electron chi connectivity index (χ2n) is 6.70. The molecular formula is C19H28NO6P. The molecule has 0 aliphatic heterocycles. The number of esters is 1. The van der Waals surface area contributed by atoms with E-state index in [4.69, 9.17) is 13.8 Å². The van der Waals surface area contributed by atoms with Crippen LogP contribution in [0.15, 0.2) is 24.3 Å². The van der Waals surface area contributed by atoms with Crippen LogP contribution in [0.1, 0.15) is 48.0 Å². The predicted octanol–water partition coefficient (Wildman–Crippen LogP) is 3.52. The standard InChI is InChI=1S/C19H28NO6P/c1-24-19(22)17(15-7-5-4-6-8-15)20-18(21)16-11-9-14(10-12-16)13-27(23,25-2)26-3/h9-12,15,17H,4-8,13H2,1-3H3,(H,20,21)/t17-/m1/s1. The molecule has 1 aliphatic rings. The highest BCUT2D eigenvalue weighted by molar-refractivity contribution is 7.52. The third-order valence-electron chi connectivity index (χ3n) is 5.01. The first-order valence-electron chi connectivity index (χ1n) is 9.10. The van der Waals surface area contributed by atoms with Crippen LogP contribution in [0.2, 0.25) is 0 Å². The van der Waals surface area contributed by atoms with Crippen molar-refractivity contribution in [3.8, 4) is 0 Å². The number of amides is 1. The fourth-order valence-corrected chi connectivity index (χ4v) is 4.44. The van der Waals surface area contributed by atoms with E-state index >= 15 is 0 Å². The van der Waals surface area contributed by atoms with Crippen LogP contribution in [-0.2, 0) is 29.3 Å². The Hall–Kier alpha value is -1.69. The van der Waals surface area contributed by atoms with Gasteiger partial charge in [0.15, 0.2) is 0 Å². The molecule has 1 aromatic rings. The van der Waals surface area contributed by atoms with Gasteiger partial charge in [-0.25, -0.2) is 4.79 Å². The van der Waals surface area contributed by atoms with Gasteiger partial charge in [-0.2, -0.15) is 0 Å². The molecule has 27 heavy (non-hydrogen) atoms. The number of carbonyl (C=O) groups is 2. The van der Waals surface area contributed by atoms with Gasteiger partial charge in [-0.05, 0) is 36.5 Å². The summed E-state index contributed by atoms with van der Waals surface area (Å²) in [6.07, 6.45) is 5.20. The van der Waals surface area contributed by atoms with Gasteiger partial charge in [0.1, 0.15) is 6.04 Å². The highest BCUT2D eigenvalue weighted by Gasteiger charge is 2.32. The van der Waals surface area contributed by atoms with Crippen molar-refractivity contribution < 1.29 is 27.9 Å². The molecular weight excluding hydrogens is 369 g/mol. The molecule has 0 radical (unpaired) electrons. The molecule has 7 nitrogen and oxygen atoms in total. The van der Waals surface area contributed by atoms with Crippen molar-refractivity contribution >= 4 is 19.5 Å². The lowest BCUT2D eigenvalue weighted by Crippen LogP contribution is -2.47. The van der Waals surface area contributed by atoms with Crippen LogP contribution in [0.4, 0.5) is 0 Å². The van der Waals surface area contributed by atoms with E-state index in [1.54, 1.807) is 24.3 Å². The second kappa shape index (κ2) is 10.0. The molecule has 1 fully saturated rings. The molecule has 1 aromatic carbocycles. The predicted molar refractivity (Wildman–Crippen MR) is 102 cm³/mol. The molecule has 150 valence electrons. The fourth-order valence-electron chi connectivity index (χ4n) is 3.38. The van der Waals surface area contributed by atoms with E-state index < -0.39 is 19.6 Å². The summed E-state index contributed by atoms with van der Waals surface area (Å²) in [5.74, 6) is -0.638. The van der Waals surface area contributed by atoms with Crippen molar-refractivity contribution in [2.24, 2.45) is 5.92 Å². The first kappa shape index (κ1) is 21.6. The largest absolute Gasteiger partial charge is 0.467 e. The summed E-state index contributed by atoms with van der Waals surface area (Å²) in [7, 11) is 0.850. The van der Waals surface area contributed by atoms with Gasteiger partial charge >= 0.3 is 13.6 Å². The number of benzene rings is 1. The third-order valence-corrected chi connectivity index (χ3v) is 6.88. The van der Waals surface area contributed by atoms with E-state index in [0.29, 0.717) is 5.56 Å². The molecule has 0 heterocycles. The summed E-state index contributed by atoms with van der Waals surface area (Å²) in [5.41, 5.74) is 1.16. The minimum Gasteiger partial charge on any atom is -0.467 e. The van der Waals surface area contributed by atoms with Crippen LogP contribution in [0.25, 0.3) is 0 Å². The van der Waals surface area contributed by atoms with Crippen LogP contribution in [0, 0.1) is 5.92 Å². The van der Waals surface area contributed by atoms with Gasteiger partial charge in [0.2, 0.25) is 0 Å². The van der Waals surface area contributed by atoms with E-state index in [1.807, 2.05) is 0 Å². The molecule has 2 rings (SSSR count). The first-order chi connectivity index (χ1) is 12.9. The smallest absolute Gasteiger partial charge is 0.334 e. The number of carbonyl (C=O) groups excluding carboxylic acids is 2. The van der Waals surface area contributed by atoms with Crippen molar-refractivity contribution in [1.82, 2.24) is 5.32 Å². The number of nitrogens with one attached hydrogen (secondary N) is 1. The molecule has 0 unspecified atom stereocenters. The highest BCUT2D eigenvalue weighted by atomic mass is 31.2. The zero-order valence-electron chi connectivity index (χ0n) is 16.1. The molecule has 1 aliphatic carbocycles. The minimum absolute atomic E-state index is 0.101. The number of hydrogen-bond donors (Lipinski definition) is 1. The minimum atomic E-state index is -3.16. The maximum atomic E-state index is 12.6. The molecule has 0 aromatic heterocycles. The average molecular weight is 397 g/mol. The zero-order chi connectivity index (χ0) is 19.9. The van der Waals surface area contributed by atoms with E-state index in [1.165, 1.54) is 21.3 Å². The second-order valence-corrected chi connectivity index (χ2v) is 8.97. The summed E-state index contributed by atoms with van der Waals surface area (Å²) >= 11 is 0. The van der Waals surface area contributed by atoms with Gasteiger partial charge in [-0.1, -0.05) is 31.4 Å². The molecule has 8 heteroatoms. The van der Waals surface area contributed by atoms with Gasteiger partial charge in [-0.15, -0.1) is 0 Å². The molecule has 1 N–H and O–H groups in total. The Bertz CT molecular complexity index is 676. The summed E-state index contributed by atoms with van der Waals surface area (Å²) in [6.45, 7) is 0. The Balaban J connectivity index is 2.06. The molecule has 1 saturated carbocycles. The Morgan fingerprint density at radius 1 is 1.07 bits per heavy atom. The Morgan fingerprint density at radius 2 is 1.67 bits per heavy atom. The summed E-state index contributed by atoms with van der Waals surface area (Å²) in [5, 5.41) is 2.83. The van der Waals surface area contributed by atoms with Crippen LogP contribution in [0.3, 0.4) is 0 Å². The van der Waals surface area contributed by atoms with Crippen molar-refractivity contribution in [2.75, 3.05) is 21.3 Å². The van der Waals surface area contributed by atoms with E-state index in [0.717, 1.165) is 37.7 Å². The average Bonchev–Trinajstić information content (AvgIpc) is 2.72. The highest BCUT2D eigenvalue weighted by Crippen LogP contribution is 2.49. The monoisotopic (exact) mass is 397 g/mol. The molecule has 1 amide bonds. The van der Waals surface area contributed by atoms with E-state index in [2.05, 4.69) is 5.32 Å². The number of methoxy groups -OCH3 is 1. The number of rotatable bonds is 8. The Labute approximate surface area is 160 Å². The van der Waals surface area contributed by atoms with Gasteiger partial charge in [0, 0.05) is 19.8 Å². The summed E-state index contributed by atoms with van der Waals surface area (Å²) in [6, 6.07) is 6.04. The first-order valence-corrected chi connectivity index (χ1v) is 10.8. The molecule has 0 bridgehead atoms. The number of hydrogen-bond acceptors (Lipinski definition) is 6. The fraction of sp³-hybridized carbons (Fsp3) is 0.579. The third kappa shape index (κ3) is 5.89. The van der Waals surface area contributed by atoms with E-state index in [-0.39, 0.29) is 18.0 Å². The molecule has 0 saturated heterocycles. The van der Waals surface area contributed by atoms with Crippen molar-refractivity contribution in [3.05, 3.63) is 35.4 Å². The molecule has 0 spiro atoms. The van der Waals surface area contributed by atoms with Crippen LogP contribution in [-0.4, -0.2) is 39.2 Å². The lowest BCUT2D eigenvalue weighted by Gasteiger charge is -2.29. The van der Waals surface area contributed by atoms with Gasteiger partial charge in [0.25, 0.3) is 5.91 Å². The quantitative estimate of drug-likeness (QED) is 0.533. The maximum Gasteiger partial charge on any atom is 0.334 e. The topological polar surface area (TPSA) is 90.9 Å². The summed E-state index contributed by atoms with van der Waals surface area (Å²) in [4.78, 5) is 24.8. The zero-order valence-corrected chi connectivity index (χ0v) is 17.0. The summed E-state index contributed by atoms with van der Waals surface area (Å²) < 4.78 is 26.9. The Kier molecular flexibility index (Phi) is 8.02. The van der Waals surface area contributed by atoms with Crippen LogP contribution >= 0.6 is 7.60 Å². The maximum absolute atomic E-state index is 12.6. The van der Waals surface area contributed by atoms with Crippen molar-refractivity contribution in [1.29, 1.82) is 0 Å².